The van der Waals surface area contributed by atoms with Gasteiger partial charge in [0.05, 0.1) is 11.4 Å². The fourth-order valence-corrected chi connectivity index (χ4v) is 3.54. The van der Waals surface area contributed by atoms with Gasteiger partial charge in [-0.2, -0.15) is 5.10 Å². The van der Waals surface area contributed by atoms with Crippen LogP contribution in [0, 0.1) is 12.8 Å². The lowest BCUT2D eigenvalue weighted by Crippen LogP contribution is -2.30. The van der Waals surface area contributed by atoms with Crippen LogP contribution in [0.1, 0.15) is 45.0 Å². The Morgan fingerprint density at radius 2 is 1.90 bits per heavy atom. The third-order valence-corrected chi connectivity index (χ3v) is 5.12. The molecule has 0 saturated carbocycles. The number of hydrogen-bond donors (Lipinski definition) is 3. The highest BCUT2D eigenvalue weighted by molar-refractivity contribution is 7.89. The fourth-order valence-electron chi connectivity index (χ4n) is 2.07. The topological polar surface area (TPSA) is 86.9 Å². The van der Waals surface area contributed by atoms with Gasteiger partial charge in [-0.15, -0.1) is 0 Å². The second kappa shape index (κ2) is 7.75. The Kier molecular flexibility index (Phi) is 6.64. The molecule has 0 saturated heterocycles. The van der Waals surface area contributed by atoms with Crippen molar-refractivity contribution in [2.24, 2.45) is 5.92 Å². The molecule has 20 heavy (non-hydrogen) atoms. The molecule has 0 spiro atoms. The minimum atomic E-state index is -3.51. The molecule has 1 aromatic rings. The molecular weight excluding hydrogens is 276 g/mol. The molecule has 116 valence electrons. The van der Waals surface area contributed by atoms with Crippen LogP contribution in [0.2, 0.25) is 0 Å². The summed E-state index contributed by atoms with van der Waals surface area (Å²) in [5.74, 6) is 0.370. The average Bonchev–Trinajstić information content (AvgIpc) is 2.79. The molecule has 0 bridgehead atoms. The van der Waals surface area contributed by atoms with Crippen molar-refractivity contribution in [2.75, 3.05) is 13.1 Å². The summed E-state index contributed by atoms with van der Waals surface area (Å²) >= 11 is 0. The maximum Gasteiger partial charge on any atom is 0.244 e. The van der Waals surface area contributed by atoms with Crippen LogP contribution in [0.4, 0.5) is 0 Å². The monoisotopic (exact) mass is 302 g/mol. The second-order valence-corrected chi connectivity index (χ2v) is 6.64. The number of nitrogens with zero attached hydrogens (tertiary/aromatic N) is 1. The molecule has 0 aliphatic rings. The van der Waals surface area contributed by atoms with Gasteiger partial charge in [0.1, 0.15) is 4.90 Å². The van der Waals surface area contributed by atoms with Crippen LogP contribution >= 0.6 is 0 Å². The van der Waals surface area contributed by atoms with E-state index in [-0.39, 0.29) is 4.90 Å². The van der Waals surface area contributed by atoms with Crippen molar-refractivity contribution in [3.05, 3.63) is 11.4 Å². The zero-order valence-corrected chi connectivity index (χ0v) is 13.6. The van der Waals surface area contributed by atoms with Gasteiger partial charge in [-0.1, -0.05) is 33.6 Å². The van der Waals surface area contributed by atoms with Gasteiger partial charge >= 0.3 is 0 Å². The van der Waals surface area contributed by atoms with Crippen molar-refractivity contribution in [3.8, 4) is 0 Å². The first kappa shape index (κ1) is 17.1. The number of nitrogens with one attached hydrogen (secondary N) is 3. The van der Waals surface area contributed by atoms with Crippen LogP contribution < -0.4 is 10.0 Å². The highest BCUT2D eigenvalue weighted by Crippen LogP contribution is 2.18. The molecule has 0 radical (unpaired) electrons. The maximum atomic E-state index is 12.4. The Morgan fingerprint density at radius 3 is 2.45 bits per heavy atom. The average molecular weight is 302 g/mol. The van der Waals surface area contributed by atoms with E-state index in [1.54, 1.807) is 6.92 Å². The second-order valence-electron chi connectivity index (χ2n) is 4.94. The first-order valence-electron chi connectivity index (χ1n) is 7.20. The van der Waals surface area contributed by atoms with E-state index in [2.05, 4.69) is 34.1 Å². The van der Waals surface area contributed by atoms with Crippen molar-refractivity contribution >= 4 is 10.0 Å². The number of aromatic amines is 1. The zero-order chi connectivity index (χ0) is 15.2. The van der Waals surface area contributed by atoms with Crippen molar-refractivity contribution < 1.29 is 8.42 Å². The number of aromatic nitrogens is 2. The Morgan fingerprint density at radius 1 is 1.25 bits per heavy atom. The van der Waals surface area contributed by atoms with Gasteiger partial charge < -0.3 is 5.32 Å². The van der Waals surface area contributed by atoms with E-state index in [1.165, 1.54) is 0 Å². The zero-order valence-electron chi connectivity index (χ0n) is 12.8. The Balaban J connectivity index is 2.88. The van der Waals surface area contributed by atoms with Crippen molar-refractivity contribution in [2.45, 2.75) is 52.0 Å². The lowest BCUT2D eigenvalue weighted by atomic mass is 10.0. The van der Waals surface area contributed by atoms with Crippen LogP contribution in [0.3, 0.4) is 0 Å². The minimum absolute atomic E-state index is 0.282. The largest absolute Gasteiger partial charge is 0.311 e. The van der Waals surface area contributed by atoms with Crippen LogP contribution in [0.5, 0.6) is 0 Å². The van der Waals surface area contributed by atoms with Crippen molar-refractivity contribution in [3.63, 3.8) is 0 Å². The number of H-pyrrole nitrogens is 1. The lowest BCUT2D eigenvalue weighted by Gasteiger charge is -2.14. The standard InChI is InChI=1S/C13H26N4O2S/c1-5-11(6-2)8-15-20(18,19)13-10(4)16-17-12(13)9-14-7-3/h11,14-15H,5-9H2,1-4H3,(H,16,17). The highest BCUT2D eigenvalue weighted by Gasteiger charge is 2.24. The molecule has 0 unspecified atom stereocenters. The van der Waals surface area contributed by atoms with E-state index >= 15 is 0 Å². The Bertz CT molecular complexity index is 506. The number of rotatable bonds is 9. The molecule has 1 aromatic heterocycles. The summed E-state index contributed by atoms with van der Waals surface area (Å²) in [6.45, 7) is 9.53. The van der Waals surface area contributed by atoms with E-state index in [0.29, 0.717) is 30.4 Å². The molecule has 7 heteroatoms. The van der Waals surface area contributed by atoms with Crippen LogP contribution in [0.15, 0.2) is 4.90 Å². The molecule has 0 fully saturated rings. The molecule has 0 aliphatic carbocycles. The van der Waals surface area contributed by atoms with Crippen molar-refractivity contribution in [1.29, 1.82) is 0 Å². The summed E-state index contributed by atoms with van der Waals surface area (Å²) < 4.78 is 27.6. The molecule has 3 N–H and O–H groups in total. The van der Waals surface area contributed by atoms with Crippen LogP contribution in [0.25, 0.3) is 0 Å². The van der Waals surface area contributed by atoms with Gasteiger partial charge in [0, 0.05) is 13.1 Å². The van der Waals surface area contributed by atoms with Gasteiger partial charge in [0.2, 0.25) is 10.0 Å². The third-order valence-electron chi connectivity index (χ3n) is 3.49. The smallest absolute Gasteiger partial charge is 0.244 e. The first-order chi connectivity index (χ1) is 9.46. The van der Waals surface area contributed by atoms with Crippen LogP contribution in [-0.2, 0) is 16.6 Å². The predicted octanol–water partition coefficient (Wildman–Crippen LogP) is 1.54. The maximum absolute atomic E-state index is 12.4. The van der Waals surface area contributed by atoms with Gasteiger partial charge in [-0.3, -0.25) is 5.10 Å². The molecule has 0 amide bonds. The van der Waals surface area contributed by atoms with E-state index in [9.17, 15) is 8.42 Å². The Labute approximate surface area is 121 Å². The molecule has 1 heterocycles. The van der Waals surface area contributed by atoms with E-state index < -0.39 is 10.0 Å². The minimum Gasteiger partial charge on any atom is -0.311 e. The first-order valence-corrected chi connectivity index (χ1v) is 8.68. The molecular formula is C13H26N4O2S. The van der Waals surface area contributed by atoms with Crippen LogP contribution in [-0.4, -0.2) is 31.7 Å². The van der Waals surface area contributed by atoms with Gasteiger partial charge in [-0.05, 0) is 19.4 Å². The normalized spacial score (nSPS) is 12.2. The summed E-state index contributed by atoms with van der Waals surface area (Å²) in [4.78, 5) is 0.282. The third kappa shape index (κ3) is 4.29. The summed E-state index contributed by atoms with van der Waals surface area (Å²) in [6, 6.07) is 0. The van der Waals surface area contributed by atoms with Gasteiger partial charge in [0.15, 0.2) is 0 Å². The summed E-state index contributed by atoms with van der Waals surface area (Å²) in [5.41, 5.74) is 1.12. The number of aryl methyl sites for hydroxylation is 1. The van der Waals surface area contributed by atoms with E-state index in [1.807, 2.05) is 6.92 Å². The summed E-state index contributed by atoms with van der Waals surface area (Å²) in [5, 5.41) is 9.94. The quantitative estimate of drug-likeness (QED) is 0.646. The van der Waals surface area contributed by atoms with E-state index in [4.69, 9.17) is 0 Å². The molecule has 0 aliphatic heterocycles. The van der Waals surface area contributed by atoms with Crippen molar-refractivity contribution in [1.82, 2.24) is 20.2 Å². The molecule has 0 aromatic carbocycles. The Hall–Kier alpha value is -0.920. The highest BCUT2D eigenvalue weighted by atomic mass is 32.2. The molecule has 0 atom stereocenters. The number of hydrogen-bond acceptors (Lipinski definition) is 4. The predicted molar refractivity (Wildman–Crippen MR) is 80.0 cm³/mol. The van der Waals surface area contributed by atoms with Gasteiger partial charge in [0.25, 0.3) is 0 Å². The SMILES string of the molecule is CCNCc1n[nH]c(C)c1S(=O)(=O)NCC(CC)CC. The molecule has 6 nitrogen and oxygen atoms in total. The van der Waals surface area contributed by atoms with Gasteiger partial charge in [-0.25, -0.2) is 13.1 Å². The number of sulfonamides is 1. The fraction of sp³-hybridized carbons (Fsp3) is 0.769. The molecule has 1 rings (SSSR count). The summed E-state index contributed by atoms with van der Waals surface area (Å²) in [7, 11) is -3.51. The van der Waals surface area contributed by atoms with E-state index in [0.717, 1.165) is 19.4 Å². The lowest BCUT2D eigenvalue weighted by molar-refractivity contribution is 0.478. The summed E-state index contributed by atoms with van der Waals surface area (Å²) in [6.07, 6.45) is 1.93.